The summed E-state index contributed by atoms with van der Waals surface area (Å²) >= 11 is 0. The second-order valence-corrected chi connectivity index (χ2v) is 8.87. The first-order valence-corrected chi connectivity index (χ1v) is 11.1. The number of para-hydroxylation sites is 1. The Morgan fingerprint density at radius 2 is 1.68 bits per heavy atom. The Morgan fingerprint density at radius 1 is 0.968 bits per heavy atom. The van der Waals surface area contributed by atoms with E-state index in [0.717, 1.165) is 11.3 Å². The summed E-state index contributed by atoms with van der Waals surface area (Å²) in [7, 11) is -0.866. The molecule has 0 unspecified atom stereocenters. The monoisotopic (exact) mass is 438 g/mol. The van der Waals surface area contributed by atoms with E-state index >= 15 is 0 Å². The Kier molecular flexibility index (Phi) is 5.56. The molecule has 1 N–H and O–H groups in total. The molecule has 0 saturated carbocycles. The minimum Gasteiger partial charge on any atom is -0.497 e. The molecule has 0 spiro atoms. The van der Waals surface area contributed by atoms with Gasteiger partial charge in [0.15, 0.2) is 0 Å². The van der Waals surface area contributed by atoms with Gasteiger partial charge in [0.2, 0.25) is 0 Å². The molecular weight excluding hydrogens is 416 g/mol. The molecule has 0 radical (unpaired) electrons. The quantitative estimate of drug-likeness (QED) is 0.586. The van der Waals surface area contributed by atoms with E-state index in [0.29, 0.717) is 35.7 Å². The number of nitrogens with one attached hydrogen (secondary N) is 1. The zero-order valence-corrected chi connectivity index (χ0v) is 18.0. The molecule has 3 aromatic rings. The van der Waals surface area contributed by atoms with Gasteiger partial charge in [-0.1, -0.05) is 12.1 Å². The van der Waals surface area contributed by atoms with Crippen LogP contribution in [0.1, 0.15) is 15.9 Å². The van der Waals surface area contributed by atoms with Crippen LogP contribution in [0.15, 0.2) is 71.6 Å². The summed E-state index contributed by atoms with van der Waals surface area (Å²) in [5.74, 6) is 0.183. The van der Waals surface area contributed by atoms with Crippen molar-refractivity contribution in [3.05, 3.63) is 77.9 Å². The molecule has 7 nitrogen and oxygen atoms in total. The second-order valence-electron chi connectivity index (χ2n) is 7.01. The SMILES string of the molecule is COC(=O)c1ccc(Nc2cccc3c2N(S(=O)(=O)c2ccc(OC)cc2)CC3)cc1. The van der Waals surface area contributed by atoms with Crippen molar-refractivity contribution >= 4 is 33.1 Å². The first-order valence-electron chi connectivity index (χ1n) is 9.68. The van der Waals surface area contributed by atoms with Crippen molar-refractivity contribution in [3.63, 3.8) is 0 Å². The average Bonchev–Trinajstić information content (AvgIpc) is 3.25. The van der Waals surface area contributed by atoms with Crippen LogP contribution in [0, 0.1) is 0 Å². The zero-order chi connectivity index (χ0) is 22.0. The minimum atomic E-state index is -3.74. The topological polar surface area (TPSA) is 84.9 Å². The number of carbonyl (C=O) groups is 1. The van der Waals surface area contributed by atoms with Gasteiger partial charge in [-0.2, -0.15) is 0 Å². The Labute approximate surface area is 181 Å². The predicted octanol–water partition coefficient (Wildman–Crippen LogP) is 3.98. The van der Waals surface area contributed by atoms with Crippen LogP contribution in [0.3, 0.4) is 0 Å². The van der Waals surface area contributed by atoms with E-state index in [-0.39, 0.29) is 4.90 Å². The van der Waals surface area contributed by atoms with E-state index in [4.69, 9.17) is 9.47 Å². The summed E-state index contributed by atoms with van der Waals surface area (Å²) in [4.78, 5) is 11.8. The van der Waals surface area contributed by atoms with Crippen molar-refractivity contribution < 1.29 is 22.7 Å². The van der Waals surface area contributed by atoms with Gasteiger partial charge >= 0.3 is 5.97 Å². The summed E-state index contributed by atoms with van der Waals surface area (Å²) in [5.41, 5.74) is 3.44. The third kappa shape index (κ3) is 3.94. The highest BCUT2D eigenvalue weighted by molar-refractivity contribution is 7.92. The summed E-state index contributed by atoms with van der Waals surface area (Å²) < 4.78 is 38.0. The average molecular weight is 439 g/mol. The lowest BCUT2D eigenvalue weighted by atomic mass is 10.1. The number of sulfonamides is 1. The molecule has 4 rings (SSSR count). The molecule has 8 heteroatoms. The van der Waals surface area contributed by atoms with Crippen molar-refractivity contribution in [2.75, 3.05) is 30.4 Å². The summed E-state index contributed by atoms with van der Waals surface area (Å²) in [6, 6.07) is 18.9. The lowest BCUT2D eigenvalue weighted by molar-refractivity contribution is 0.0600. The van der Waals surface area contributed by atoms with Crippen LogP contribution in [-0.4, -0.2) is 35.2 Å². The highest BCUT2D eigenvalue weighted by Crippen LogP contribution is 2.40. The van der Waals surface area contributed by atoms with Crippen LogP contribution in [0.4, 0.5) is 17.1 Å². The lowest BCUT2D eigenvalue weighted by Gasteiger charge is -2.23. The standard InChI is InChI=1S/C23H22N2O5S/c1-29-19-10-12-20(13-11-19)31(27,28)25-15-14-16-4-3-5-21(22(16)25)24-18-8-6-17(7-9-18)23(26)30-2/h3-13,24H,14-15H2,1-2H3. The van der Waals surface area contributed by atoms with E-state index in [1.807, 2.05) is 18.2 Å². The van der Waals surface area contributed by atoms with Crippen molar-refractivity contribution in [1.29, 1.82) is 0 Å². The van der Waals surface area contributed by atoms with Crippen LogP contribution >= 0.6 is 0 Å². The molecule has 1 aliphatic rings. The molecule has 160 valence electrons. The molecule has 0 atom stereocenters. The molecule has 3 aromatic carbocycles. The maximum atomic E-state index is 13.4. The number of ether oxygens (including phenoxy) is 2. The number of methoxy groups -OCH3 is 2. The van der Waals surface area contributed by atoms with Gasteiger partial charge in [-0.05, 0) is 66.6 Å². The molecular formula is C23H22N2O5S. The van der Waals surface area contributed by atoms with E-state index in [9.17, 15) is 13.2 Å². The van der Waals surface area contributed by atoms with Crippen LogP contribution in [0.25, 0.3) is 0 Å². The maximum absolute atomic E-state index is 13.4. The number of esters is 1. The van der Waals surface area contributed by atoms with Crippen molar-refractivity contribution in [3.8, 4) is 5.75 Å². The number of carbonyl (C=O) groups excluding carboxylic acids is 1. The zero-order valence-electron chi connectivity index (χ0n) is 17.2. The third-order valence-corrected chi connectivity index (χ3v) is 7.00. The molecule has 0 aliphatic carbocycles. The minimum absolute atomic E-state index is 0.207. The van der Waals surface area contributed by atoms with Crippen molar-refractivity contribution in [2.24, 2.45) is 0 Å². The Bertz CT molecular complexity index is 1210. The van der Waals surface area contributed by atoms with Gasteiger partial charge in [0.1, 0.15) is 5.75 Å². The Hall–Kier alpha value is -3.52. The summed E-state index contributed by atoms with van der Waals surface area (Å²) in [6.45, 7) is 0.365. The molecule has 0 aromatic heterocycles. The van der Waals surface area contributed by atoms with Crippen LogP contribution in [0.2, 0.25) is 0 Å². The fraction of sp³-hybridized carbons (Fsp3) is 0.174. The number of anilines is 3. The molecule has 0 fully saturated rings. The second kappa shape index (κ2) is 8.31. The summed E-state index contributed by atoms with van der Waals surface area (Å²) in [5, 5.41) is 3.28. The number of rotatable bonds is 6. The third-order valence-electron chi connectivity index (χ3n) is 5.19. The molecule has 1 aliphatic heterocycles. The van der Waals surface area contributed by atoms with E-state index in [1.54, 1.807) is 48.5 Å². The molecule has 0 bridgehead atoms. The number of hydrogen-bond donors (Lipinski definition) is 1. The first kappa shape index (κ1) is 20.7. The highest BCUT2D eigenvalue weighted by atomic mass is 32.2. The maximum Gasteiger partial charge on any atom is 0.337 e. The van der Waals surface area contributed by atoms with Crippen molar-refractivity contribution in [1.82, 2.24) is 0 Å². The van der Waals surface area contributed by atoms with Crippen LogP contribution in [0.5, 0.6) is 5.75 Å². The predicted molar refractivity (Wildman–Crippen MR) is 119 cm³/mol. The van der Waals surface area contributed by atoms with Gasteiger partial charge in [0, 0.05) is 12.2 Å². The molecule has 31 heavy (non-hydrogen) atoms. The number of nitrogens with zero attached hydrogens (tertiary/aromatic N) is 1. The normalized spacial score (nSPS) is 12.9. The smallest absolute Gasteiger partial charge is 0.337 e. The van der Waals surface area contributed by atoms with Crippen molar-refractivity contribution in [2.45, 2.75) is 11.3 Å². The number of hydrogen-bond acceptors (Lipinski definition) is 6. The highest BCUT2D eigenvalue weighted by Gasteiger charge is 2.33. The van der Waals surface area contributed by atoms with Gasteiger partial charge in [-0.15, -0.1) is 0 Å². The Balaban J connectivity index is 1.66. The van der Waals surface area contributed by atoms with Gasteiger partial charge in [0.25, 0.3) is 10.0 Å². The number of benzene rings is 3. The van der Waals surface area contributed by atoms with Gasteiger partial charge in [-0.25, -0.2) is 13.2 Å². The molecule has 0 amide bonds. The number of fused-ring (bicyclic) bond motifs is 1. The first-order chi connectivity index (χ1) is 14.9. The Morgan fingerprint density at radius 3 is 2.32 bits per heavy atom. The van der Waals surface area contributed by atoms with Gasteiger partial charge in [-0.3, -0.25) is 4.31 Å². The largest absolute Gasteiger partial charge is 0.497 e. The van der Waals surface area contributed by atoms with Gasteiger partial charge in [0.05, 0.1) is 36.1 Å². The lowest BCUT2D eigenvalue weighted by Crippen LogP contribution is -2.29. The fourth-order valence-electron chi connectivity index (χ4n) is 3.60. The molecule has 0 saturated heterocycles. The van der Waals surface area contributed by atoms with E-state index in [1.165, 1.54) is 18.5 Å². The van der Waals surface area contributed by atoms with Crippen LogP contribution < -0.4 is 14.4 Å². The van der Waals surface area contributed by atoms with E-state index < -0.39 is 16.0 Å². The summed E-state index contributed by atoms with van der Waals surface area (Å²) in [6.07, 6.45) is 0.627. The van der Waals surface area contributed by atoms with E-state index in [2.05, 4.69) is 5.32 Å². The van der Waals surface area contributed by atoms with Gasteiger partial charge < -0.3 is 14.8 Å². The fourth-order valence-corrected chi connectivity index (χ4v) is 5.12. The van der Waals surface area contributed by atoms with Crippen LogP contribution in [-0.2, 0) is 21.2 Å². The molecule has 1 heterocycles.